The molecule has 100 valence electrons. The van der Waals surface area contributed by atoms with Gasteiger partial charge in [-0.1, -0.05) is 12.1 Å². The van der Waals surface area contributed by atoms with Gasteiger partial charge in [0.25, 0.3) is 0 Å². The monoisotopic (exact) mass is 249 g/mol. The summed E-state index contributed by atoms with van der Waals surface area (Å²) >= 11 is 0. The van der Waals surface area contributed by atoms with E-state index in [0.717, 1.165) is 30.4 Å². The van der Waals surface area contributed by atoms with Crippen LogP contribution in [0.25, 0.3) is 0 Å². The largest absolute Gasteiger partial charge is 0.497 e. The van der Waals surface area contributed by atoms with Crippen molar-refractivity contribution in [1.29, 1.82) is 0 Å². The zero-order chi connectivity index (χ0) is 12.8. The van der Waals surface area contributed by atoms with Gasteiger partial charge in [-0.25, -0.2) is 0 Å². The summed E-state index contributed by atoms with van der Waals surface area (Å²) in [6.45, 7) is 4.60. The summed E-state index contributed by atoms with van der Waals surface area (Å²) < 4.78 is 10.8. The Kier molecular flexibility index (Phi) is 5.02. The van der Waals surface area contributed by atoms with Crippen molar-refractivity contribution in [2.45, 2.75) is 32.4 Å². The molecule has 1 saturated carbocycles. The Labute approximate surface area is 109 Å². The molecular weight excluding hydrogens is 226 g/mol. The molecule has 1 fully saturated rings. The lowest BCUT2D eigenvalue weighted by Gasteiger charge is -2.12. The fourth-order valence-electron chi connectivity index (χ4n) is 2.07. The van der Waals surface area contributed by atoms with Crippen LogP contribution in [0.2, 0.25) is 0 Å². The Morgan fingerprint density at radius 3 is 2.94 bits per heavy atom. The van der Waals surface area contributed by atoms with Crippen molar-refractivity contribution in [1.82, 2.24) is 5.32 Å². The molecule has 0 amide bonds. The van der Waals surface area contributed by atoms with Gasteiger partial charge in [-0.3, -0.25) is 0 Å². The molecule has 1 aromatic carbocycles. The van der Waals surface area contributed by atoms with E-state index in [4.69, 9.17) is 9.47 Å². The first-order chi connectivity index (χ1) is 8.79. The zero-order valence-corrected chi connectivity index (χ0v) is 11.3. The Bertz CT molecular complexity index is 363. The van der Waals surface area contributed by atoms with E-state index in [9.17, 15) is 0 Å². The smallest absolute Gasteiger partial charge is 0.119 e. The first kappa shape index (κ1) is 13.4. The lowest BCUT2D eigenvalue weighted by molar-refractivity contribution is 0.120. The fourth-order valence-corrected chi connectivity index (χ4v) is 2.07. The minimum absolute atomic E-state index is 0.644. The number of rotatable bonds is 8. The Balaban J connectivity index is 1.59. The van der Waals surface area contributed by atoms with E-state index in [2.05, 4.69) is 18.3 Å². The van der Waals surface area contributed by atoms with Crippen molar-refractivity contribution >= 4 is 0 Å². The van der Waals surface area contributed by atoms with Crippen LogP contribution in [0.3, 0.4) is 0 Å². The van der Waals surface area contributed by atoms with Crippen molar-refractivity contribution in [3.8, 4) is 5.75 Å². The minimum atomic E-state index is 0.644. The molecule has 0 aliphatic heterocycles. The molecular formula is C15H23NO2. The predicted molar refractivity (Wildman–Crippen MR) is 72.8 cm³/mol. The number of methoxy groups -OCH3 is 1. The van der Waals surface area contributed by atoms with Crippen LogP contribution in [-0.4, -0.2) is 26.3 Å². The van der Waals surface area contributed by atoms with E-state index < -0.39 is 0 Å². The number of ether oxygens (including phenoxy) is 2. The number of hydrogen-bond donors (Lipinski definition) is 1. The van der Waals surface area contributed by atoms with Crippen molar-refractivity contribution in [2.75, 3.05) is 20.3 Å². The molecule has 0 bridgehead atoms. The van der Waals surface area contributed by atoms with Gasteiger partial charge in [0.1, 0.15) is 5.75 Å². The van der Waals surface area contributed by atoms with Crippen LogP contribution in [0.15, 0.2) is 24.3 Å². The summed E-state index contributed by atoms with van der Waals surface area (Å²) in [5, 5.41) is 3.50. The molecule has 1 aromatic rings. The van der Waals surface area contributed by atoms with E-state index in [1.54, 1.807) is 7.11 Å². The molecule has 1 aliphatic carbocycles. The molecule has 1 aliphatic rings. The average Bonchev–Trinajstić information content (AvgIpc) is 3.23. The molecule has 0 saturated heterocycles. The molecule has 0 radical (unpaired) electrons. The lowest BCUT2D eigenvalue weighted by Crippen LogP contribution is -2.30. The first-order valence-corrected chi connectivity index (χ1v) is 6.73. The quantitative estimate of drug-likeness (QED) is 0.718. The second-order valence-electron chi connectivity index (χ2n) is 4.98. The van der Waals surface area contributed by atoms with E-state index in [1.807, 2.05) is 18.2 Å². The molecule has 1 atom stereocenters. The van der Waals surface area contributed by atoms with E-state index in [-0.39, 0.29) is 0 Å². The van der Waals surface area contributed by atoms with Crippen molar-refractivity contribution in [3.05, 3.63) is 29.8 Å². The van der Waals surface area contributed by atoms with Gasteiger partial charge in [0.15, 0.2) is 0 Å². The highest BCUT2D eigenvalue weighted by Gasteiger charge is 2.27. The topological polar surface area (TPSA) is 30.5 Å². The molecule has 3 heteroatoms. The molecule has 18 heavy (non-hydrogen) atoms. The molecule has 0 heterocycles. The van der Waals surface area contributed by atoms with Gasteiger partial charge in [0.05, 0.1) is 20.3 Å². The van der Waals surface area contributed by atoms with Crippen LogP contribution >= 0.6 is 0 Å². The van der Waals surface area contributed by atoms with Gasteiger partial charge in [-0.15, -0.1) is 0 Å². The van der Waals surface area contributed by atoms with Crippen LogP contribution in [0.1, 0.15) is 25.3 Å². The normalized spacial score (nSPS) is 16.6. The second-order valence-corrected chi connectivity index (χ2v) is 4.98. The van der Waals surface area contributed by atoms with E-state index in [1.165, 1.54) is 12.8 Å². The number of benzene rings is 1. The molecule has 3 nitrogen and oxygen atoms in total. The maximum absolute atomic E-state index is 5.65. The Morgan fingerprint density at radius 1 is 1.39 bits per heavy atom. The third-order valence-corrected chi connectivity index (χ3v) is 3.44. The second kappa shape index (κ2) is 6.76. The summed E-state index contributed by atoms with van der Waals surface area (Å²) in [5.41, 5.74) is 1.16. The predicted octanol–water partition coefficient (Wildman–Crippen LogP) is 2.60. The number of nitrogens with one attached hydrogen (secondary N) is 1. The van der Waals surface area contributed by atoms with Gasteiger partial charge in [-0.05, 0) is 43.4 Å². The summed E-state index contributed by atoms with van der Waals surface area (Å²) in [5.74, 6) is 1.79. The maximum Gasteiger partial charge on any atom is 0.119 e. The third kappa shape index (κ3) is 4.31. The highest BCUT2D eigenvalue weighted by Crippen LogP contribution is 2.32. The molecule has 0 spiro atoms. The van der Waals surface area contributed by atoms with Gasteiger partial charge >= 0.3 is 0 Å². The average molecular weight is 249 g/mol. The van der Waals surface area contributed by atoms with Crippen molar-refractivity contribution < 1.29 is 9.47 Å². The molecule has 2 rings (SSSR count). The number of hydrogen-bond acceptors (Lipinski definition) is 3. The maximum atomic E-state index is 5.65. The molecule has 0 aromatic heterocycles. The SMILES string of the molecule is COc1cccc(COCCNC(C)C2CC2)c1. The van der Waals surface area contributed by atoms with Gasteiger partial charge in [-0.2, -0.15) is 0 Å². The van der Waals surface area contributed by atoms with Crippen LogP contribution in [0.4, 0.5) is 0 Å². The van der Waals surface area contributed by atoms with Crippen LogP contribution in [-0.2, 0) is 11.3 Å². The highest BCUT2D eigenvalue weighted by molar-refractivity contribution is 5.27. The van der Waals surface area contributed by atoms with Gasteiger partial charge in [0.2, 0.25) is 0 Å². The van der Waals surface area contributed by atoms with E-state index >= 15 is 0 Å². The summed E-state index contributed by atoms with van der Waals surface area (Å²) in [7, 11) is 1.68. The zero-order valence-electron chi connectivity index (χ0n) is 11.3. The van der Waals surface area contributed by atoms with Gasteiger partial charge < -0.3 is 14.8 Å². The van der Waals surface area contributed by atoms with Crippen molar-refractivity contribution in [3.63, 3.8) is 0 Å². The fraction of sp³-hybridized carbons (Fsp3) is 0.600. The highest BCUT2D eigenvalue weighted by atomic mass is 16.5. The lowest BCUT2D eigenvalue weighted by atomic mass is 10.2. The minimum Gasteiger partial charge on any atom is -0.497 e. The summed E-state index contributed by atoms with van der Waals surface area (Å²) in [4.78, 5) is 0. The molecule has 1 unspecified atom stereocenters. The van der Waals surface area contributed by atoms with Gasteiger partial charge in [0, 0.05) is 12.6 Å². The third-order valence-electron chi connectivity index (χ3n) is 3.44. The van der Waals surface area contributed by atoms with Crippen molar-refractivity contribution in [2.24, 2.45) is 5.92 Å². The Morgan fingerprint density at radius 2 is 2.22 bits per heavy atom. The summed E-state index contributed by atoms with van der Waals surface area (Å²) in [6.07, 6.45) is 2.78. The Hall–Kier alpha value is -1.06. The van der Waals surface area contributed by atoms with Crippen LogP contribution < -0.4 is 10.1 Å². The van der Waals surface area contributed by atoms with Crippen LogP contribution in [0.5, 0.6) is 5.75 Å². The van der Waals surface area contributed by atoms with Crippen LogP contribution in [0, 0.1) is 5.92 Å². The summed E-state index contributed by atoms with van der Waals surface area (Å²) in [6, 6.07) is 8.65. The van der Waals surface area contributed by atoms with E-state index in [0.29, 0.717) is 12.6 Å². The first-order valence-electron chi connectivity index (χ1n) is 6.73. The molecule has 1 N–H and O–H groups in total. The standard InChI is InChI=1S/C15H23NO2/c1-12(14-6-7-14)16-8-9-18-11-13-4-3-5-15(10-13)17-2/h3-5,10,12,14,16H,6-9,11H2,1-2H3.